The molecule has 3 nitrogen and oxygen atoms in total. The topological polar surface area (TPSA) is 37.8 Å². The second kappa shape index (κ2) is 5.07. The summed E-state index contributed by atoms with van der Waals surface area (Å²) in [6.07, 6.45) is 1.86. The van der Waals surface area contributed by atoms with Crippen LogP contribution in [0.1, 0.15) is 21.5 Å². The summed E-state index contributed by atoms with van der Waals surface area (Å²) in [5.74, 6) is 0. The highest BCUT2D eigenvalue weighted by Gasteiger charge is 2.16. The van der Waals surface area contributed by atoms with Crippen molar-refractivity contribution in [1.82, 2.24) is 15.3 Å². The highest BCUT2D eigenvalue weighted by molar-refractivity contribution is 7.12. The molecule has 0 saturated heterocycles. The standard InChI is InChI=1S/C15H15N3S/c1-10-7-8-14(19-10)15(16-2)13-9-17-11-5-3-4-6-12(11)18-13/h3-9,15-16H,1-2H3. The summed E-state index contributed by atoms with van der Waals surface area (Å²) in [5, 5.41) is 3.32. The number of thiophene rings is 1. The first kappa shape index (κ1) is 12.3. The molecule has 19 heavy (non-hydrogen) atoms. The fraction of sp³-hybridized carbons (Fsp3) is 0.200. The highest BCUT2D eigenvalue weighted by Crippen LogP contribution is 2.27. The number of aryl methyl sites for hydroxylation is 1. The number of rotatable bonds is 3. The Morgan fingerprint density at radius 2 is 1.89 bits per heavy atom. The zero-order chi connectivity index (χ0) is 13.2. The molecule has 0 saturated carbocycles. The summed E-state index contributed by atoms with van der Waals surface area (Å²) >= 11 is 1.79. The van der Waals surface area contributed by atoms with E-state index in [1.807, 2.05) is 37.5 Å². The van der Waals surface area contributed by atoms with Crippen LogP contribution in [0.3, 0.4) is 0 Å². The van der Waals surface area contributed by atoms with E-state index in [1.54, 1.807) is 11.3 Å². The van der Waals surface area contributed by atoms with Gasteiger partial charge in [-0.3, -0.25) is 4.98 Å². The molecule has 1 unspecified atom stereocenters. The SMILES string of the molecule is CNC(c1cnc2ccccc2n1)c1ccc(C)s1. The van der Waals surface area contributed by atoms with Crippen LogP contribution in [0.15, 0.2) is 42.6 Å². The Hall–Kier alpha value is -1.78. The first-order valence-electron chi connectivity index (χ1n) is 6.23. The molecule has 0 aliphatic carbocycles. The number of para-hydroxylation sites is 2. The molecule has 1 aromatic carbocycles. The van der Waals surface area contributed by atoms with Gasteiger partial charge in [0.15, 0.2) is 0 Å². The van der Waals surface area contributed by atoms with Crippen LogP contribution in [0.5, 0.6) is 0 Å². The molecule has 1 N–H and O–H groups in total. The van der Waals surface area contributed by atoms with E-state index in [1.165, 1.54) is 9.75 Å². The third-order valence-electron chi connectivity index (χ3n) is 3.10. The number of benzene rings is 1. The summed E-state index contributed by atoms with van der Waals surface area (Å²) in [6, 6.07) is 12.3. The lowest BCUT2D eigenvalue weighted by Crippen LogP contribution is -2.18. The normalized spacial score (nSPS) is 12.7. The quantitative estimate of drug-likeness (QED) is 0.792. The second-order valence-electron chi connectivity index (χ2n) is 4.45. The van der Waals surface area contributed by atoms with Crippen molar-refractivity contribution < 1.29 is 0 Å². The molecule has 2 heterocycles. The number of hydrogen-bond acceptors (Lipinski definition) is 4. The lowest BCUT2D eigenvalue weighted by atomic mass is 10.1. The van der Waals surface area contributed by atoms with Crippen LogP contribution in [0.4, 0.5) is 0 Å². The van der Waals surface area contributed by atoms with Gasteiger partial charge in [-0.2, -0.15) is 0 Å². The largest absolute Gasteiger partial charge is 0.307 e. The van der Waals surface area contributed by atoms with Crippen molar-refractivity contribution in [3.63, 3.8) is 0 Å². The average molecular weight is 269 g/mol. The maximum absolute atomic E-state index is 4.71. The molecule has 0 aliphatic heterocycles. The number of hydrogen-bond donors (Lipinski definition) is 1. The van der Waals surface area contributed by atoms with E-state index in [2.05, 4.69) is 29.4 Å². The van der Waals surface area contributed by atoms with Crippen molar-refractivity contribution in [3.8, 4) is 0 Å². The van der Waals surface area contributed by atoms with Gasteiger partial charge in [0.05, 0.1) is 29.0 Å². The van der Waals surface area contributed by atoms with Crippen LogP contribution >= 0.6 is 11.3 Å². The number of aromatic nitrogens is 2. The molecule has 3 rings (SSSR count). The molecule has 0 amide bonds. The smallest absolute Gasteiger partial charge is 0.0891 e. The number of fused-ring (bicyclic) bond motifs is 1. The first-order valence-corrected chi connectivity index (χ1v) is 7.05. The third kappa shape index (κ3) is 2.37. The van der Waals surface area contributed by atoms with E-state index in [0.29, 0.717) is 0 Å². The summed E-state index contributed by atoms with van der Waals surface area (Å²) in [4.78, 5) is 11.8. The Labute approximate surface area is 116 Å². The van der Waals surface area contributed by atoms with Gasteiger partial charge in [0, 0.05) is 9.75 Å². The lowest BCUT2D eigenvalue weighted by molar-refractivity contribution is 0.682. The van der Waals surface area contributed by atoms with Crippen LogP contribution in [-0.2, 0) is 0 Å². The first-order chi connectivity index (χ1) is 9.28. The fourth-order valence-electron chi connectivity index (χ4n) is 2.16. The monoisotopic (exact) mass is 269 g/mol. The molecular weight excluding hydrogens is 254 g/mol. The molecule has 0 bridgehead atoms. The zero-order valence-electron chi connectivity index (χ0n) is 10.9. The van der Waals surface area contributed by atoms with E-state index in [4.69, 9.17) is 4.98 Å². The van der Waals surface area contributed by atoms with E-state index >= 15 is 0 Å². The molecule has 1 atom stereocenters. The molecule has 3 aromatic rings. The molecule has 0 aliphatic rings. The Morgan fingerprint density at radius 1 is 1.11 bits per heavy atom. The Balaban J connectivity index is 2.06. The van der Waals surface area contributed by atoms with Gasteiger partial charge in [-0.1, -0.05) is 12.1 Å². The fourth-order valence-corrected chi connectivity index (χ4v) is 3.16. The van der Waals surface area contributed by atoms with Crippen LogP contribution in [0, 0.1) is 6.92 Å². The summed E-state index contributed by atoms with van der Waals surface area (Å²) in [7, 11) is 1.95. The molecule has 4 heteroatoms. The molecule has 0 fully saturated rings. The Bertz CT molecular complexity index is 705. The van der Waals surface area contributed by atoms with Gasteiger partial charge in [-0.25, -0.2) is 4.98 Å². The number of nitrogens with zero attached hydrogens (tertiary/aromatic N) is 2. The lowest BCUT2D eigenvalue weighted by Gasteiger charge is -2.14. The number of nitrogens with one attached hydrogen (secondary N) is 1. The minimum atomic E-state index is 0.107. The van der Waals surface area contributed by atoms with E-state index in [-0.39, 0.29) is 6.04 Å². The molecular formula is C15H15N3S. The van der Waals surface area contributed by atoms with Gasteiger partial charge in [0.1, 0.15) is 0 Å². The Morgan fingerprint density at radius 3 is 2.58 bits per heavy atom. The van der Waals surface area contributed by atoms with Crippen molar-refractivity contribution in [2.45, 2.75) is 13.0 Å². The van der Waals surface area contributed by atoms with Gasteiger partial charge in [-0.15, -0.1) is 11.3 Å². The van der Waals surface area contributed by atoms with Gasteiger partial charge in [-0.05, 0) is 38.2 Å². The van der Waals surface area contributed by atoms with E-state index in [9.17, 15) is 0 Å². The van der Waals surface area contributed by atoms with Crippen molar-refractivity contribution >= 4 is 22.4 Å². The zero-order valence-corrected chi connectivity index (χ0v) is 11.7. The van der Waals surface area contributed by atoms with Crippen molar-refractivity contribution in [2.75, 3.05) is 7.05 Å². The summed E-state index contributed by atoms with van der Waals surface area (Å²) in [5.41, 5.74) is 2.83. The predicted molar refractivity (Wildman–Crippen MR) is 79.5 cm³/mol. The van der Waals surface area contributed by atoms with Crippen molar-refractivity contribution in [3.05, 3.63) is 58.0 Å². The second-order valence-corrected chi connectivity index (χ2v) is 5.77. The summed E-state index contributed by atoms with van der Waals surface area (Å²) in [6.45, 7) is 2.12. The van der Waals surface area contributed by atoms with Gasteiger partial charge < -0.3 is 5.32 Å². The third-order valence-corrected chi connectivity index (χ3v) is 4.16. The van der Waals surface area contributed by atoms with Gasteiger partial charge in [0.25, 0.3) is 0 Å². The van der Waals surface area contributed by atoms with E-state index in [0.717, 1.165) is 16.7 Å². The van der Waals surface area contributed by atoms with Crippen LogP contribution < -0.4 is 5.32 Å². The summed E-state index contributed by atoms with van der Waals surface area (Å²) < 4.78 is 0. The van der Waals surface area contributed by atoms with Crippen molar-refractivity contribution in [1.29, 1.82) is 0 Å². The van der Waals surface area contributed by atoms with Gasteiger partial charge >= 0.3 is 0 Å². The molecule has 96 valence electrons. The molecule has 2 aromatic heterocycles. The van der Waals surface area contributed by atoms with Gasteiger partial charge in [0.2, 0.25) is 0 Å². The Kier molecular flexibility index (Phi) is 3.27. The van der Waals surface area contributed by atoms with Crippen molar-refractivity contribution in [2.24, 2.45) is 0 Å². The van der Waals surface area contributed by atoms with E-state index < -0.39 is 0 Å². The van der Waals surface area contributed by atoms with Crippen LogP contribution in [0.2, 0.25) is 0 Å². The molecule has 0 spiro atoms. The van der Waals surface area contributed by atoms with Crippen LogP contribution in [-0.4, -0.2) is 17.0 Å². The van der Waals surface area contributed by atoms with Crippen LogP contribution in [0.25, 0.3) is 11.0 Å². The minimum Gasteiger partial charge on any atom is -0.307 e. The average Bonchev–Trinajstić information content (AvgIpc) is 2.86. The maximum Gasteiger partial charge on any atom is 0.0891 e. The maximum atomic E-state index is 4.71. The predicted octanol–water partition coefficient (Wildman–Crippen LogP) is 3.31. The highest BCUT2D eigenvalue weighted by atomic mass is 32.1. The minimum absolute atomic E-state index is 0.107. The molecule has 0 radical (unpaired) electrons.